The zero-order valence-corrected chi connectivity index (χ0v) is 9.78. The van der Waals surface area contributed by atoms with E-state index in [-0.39, 0.29) is 12.0 Å². The number of aromatic nitrogens is 5. The molecule has 2 aromatic rings. The molecule has 2 aliphatic carbocycles. The Hall–Kier alpha value is -1.76. The quantitative estimate of drug-likeness (QED) is 0.807. The minimum absolute atomic E-state index is 0.159. The number of nitrogens with one attached hydrogen (secondary N) is 1. The van der Waals surface area contributed by atoms with E-state index in [2.05, 4.69) is 25.3 Å². The molecule has 4 unspecified atom stereocenters. The summed E-state index contributed by atoms with van der Waals surface area (Å²) in [5.41, 5.74) is 6.26. The van der Waals surface area contributed by atoms with Crippen molar-refractivity contribution in [2.24, 2.45) is 17.6 Å². The minimum atomic E-state index is 0.159. The smallest absolute Gasteiger partial charge is 0.239 e. The summed E-state index contributed by atoms with van der Waals surface area (Å²) >= 11 is 0. The molecule has 7 nitrogen and oxygen atoms in total. The van der Waals surface area contributed by atoms with Crippen LogP contribution >= 0.6 is 0 Å². The summed E-state index contributed by atoms with van der Waals surface area (Å²) in [6.07, 6.45) is 5.09. The Morgan fingerprint density at radius 1 is 1.33 bits per heavy atom. The first-order valence-electron chi connectivity index (χ1n) is 6.28. The van der Waals surface area contributed by atoms with Gasteiger partial charge in [-0.25, -0.2) is 4.98 Å². The molecule has 3 N–H and O–H groups in total. The highest BCUT2D eigenvalue weighted by Crippen LogP contribution is 2.51. The Balaban J connectivity index is 1.66. The lowest BCUT2D eigenvalue weighted by atomic mass is 9.85. The molecular formula is C11H14N6O. The molecule has 4 atom stereocenters. The van der Waals surface area contributed by atoms with Crippen LogP contribution in [0.25, 0.3) is 11.6 Å². The van der Waals surface area contributed by atoms with Gasteiger partial charge in [-0.15, -0.1) is 0 Å². The fourth-order valence-corrected chi connectivity index (χ4v) is 3.48. The van der Waals surface area contributed by atoms with Crippen LogP contribution in [0.4, 0.5) is 0 Å². The number of rotatable bonds is 2. The minimum Gasteiger partial charge on any atom is -0.338 e. The molecule has 2 saturated carbocycles. The highest BCUT2D eigenvalue weighted by Gasteiger charge is 2.48. The van der Waals surface area contributed by atoms with Gasteiger partial charge in [-0.1, -0.05) is 5.16 Å². The predicted molar refractivity (Wildman–Crippen MR) is 61.2 cm³/mol. The van der Waals surface area contributed by atoms with Crippen molar-refractivity contribution in [2.45, 2.75) is 31.2 Å². The summed E-state index contributed by atoms with van der Waals surface area (Å²) in [6, 6.07) is 0.159. The Kier molecular flexibility index (Phi) is 2.05. The zero-order valence-electron chi connectivity index (χ0n) is 9.78. The third kappa shape index (κ3) is 1.34. The van der Waals surface area contributed by atoms with Crippen molar-refractivity contribution in [1.82, 2.24) is 25.3 Å². The van der Waals surface area contributed by atoms with Crippen molar-refractivity contribution in [1.29, 1.82) is 0 Å². The Bertz CT molecular complexity index is 548. The monoisotopic (exact) mass is 246 g/mol. The van der Waals surface area contributed by atoms with E-state index < -0.39 is 0 Å². The van der Waals surface area contributed by atoms with Crippen LogP contribution in [-0.2, 0) is 0 Å². The summed E-state index contributed by atoms with van der Waals surface area (Å²) in [5, 5.41) is 10.4. The molecule has 0 aromatic carbocycles. The van der Waals surface area contributed by atoms with Crippen molar-refractivity contribution in [3.8, 4) is 11.6 Å². The summed E-state index contributed by atoms with van der Waals surface area (Å²) in [7, 11) is 0. The normalized spacial score (nSPS) is 34.3. The average Bonchev–Trinajstić information content (AvgIpc) is 3.13. The van der Waals surface area contributed by atoms with E-state index in [0.717, 1.165) is 0 Å². The molecule has 2 aromatic heterocycles. The Morgan fingerprint density at radius 3 is 2.94 bits per heavy atom. The van der Waals surface area contributed by atoms with Gasteiger partial charge >= 0.3 is 0 Å². The van der Waals surface area contributed by atoms with Crippen LogP contribution < -0.4 is 5.73 Å². The van der Waals surface area contributed by atoms with Gasteiger partial charge in [-0.3, -0.25) is 5.10 Å². The number of hydrogen-bond acceptors (Lipinski definition) is 6. The standard InChI is InChI=1S/C11H14N6O/c12-8-6-2-1-5(3-6)7(8)11-15-10(17-18-11)9-13-4-14-16-9/h4-8H,1-3,12H2,(H,13,14,16). The maximum Gasteiger partial charge on any atom is 0.239 e. The molecule has 2 fully saturated rings. The third-order valence-corrected chi connectivity index (χ3v) is 4.33. The molecule has 0 saturated heterocycles. The van der Waals surface area contributed by atoms with Crippen LogP contribution in [0.1, 0.15) is 31.1 Å². The van der Waals surface area contributed by atoms with Crippen LogP contribution in [0, 0.1) is 11.8 Å². The van der Waals surface area contributed by atoms with Crippen molar-refractivity contribution in [3.63, 3.8) is 0 Å². The second kappa shape index (κ2) is 3.61. The second-order valence-corrected chi connectivity index (χ2v) is 5.23. The van der Waals surface area contributed by atoms with Gasteiger partial charge in [-0.05, 0) is 31.1 Å². The lowest BCUT2D eigenvalue weighted by Gasteiger charge is -2.24. The number of fused-ring (bicyclic) bond motifs is 2. The molecule has 4 rings (SSSR count). The van der Waals surface area contributed by atoms with Gasteiger partial charge in [0.05, 0.1) is 5.92 Å². The van der Waals surface area contributed by atoms with Gasteiger partial charge in [0.1, 0.15) is 6.33 Å². The van der Waals surface area contributed by atoms with Gasteiger partial charge < -0.3 is 10.3 Å². The van der Waals surface area contributed by atoms with E-state index in [0.29, 0.717) is 29.4 Å². The molecule has 2 heterocycles. The van der Waals surface area contributed by atoms with Crippen molar-refractivity contribution < 1.29 is 4.52 Å². The van der Waals surface area contributed by atoms with Crippen LogP contribution in [0.5, 0.6) is 0 Å². The molecule has 0 aliphatic heterocycles. The van der Waals surface area contributed by atoms with Crippen LogP contribution in [0.3, 0.4) is 0 Å². The fraction of sp³-hybridized carbons (Fsp3) is 0.636. The molecule has 18 heavy (non-hydrogen) atoms. The number of hydrogen-bond donors (Lipinski definition) is 2. The highest BCUT2D eigenvalue weighted by molar-refractivity contribution is 5.40. The summed E-state index contributed by atoms with van der Waals surface area (Å²) in [6.45, 7) is 0. The van der Waals surface area contributed by atoms with Crippen molar-refractivity contribution in [3.05, 3.63) is 12.2 Å². The SMILES string of the molecule is NC1C2CCC(C2)C1c1nc(-c2ncn[nH]2)no1. The van der Waals surface area contributed by atoms with Crippen molar-refractivity contribution >= 4 is 0 Å². The molecule has 94 valence electrons. The predicted octanol–water partition coefficient (Wildman–Crippen LogP) is 0.695. The summed E-state index contributed by atoms with van der Waals surface area (Å²) < 4.78 is 5.37. The first kappa shape index (κ1) is 10.2. The van der Waals surface area contributed by atoms with E-state index in [1.165, 1.54) is 25.6 Å². The molecule has 0 radical (unpaired) electrons. The van der Waals surface area contributed by atoms with Crippen LogP contribution in [-0.4, -0.2) is 31.4 Å². The Labute approximate surface area is 103 Å². The second-order valence-electron chi connectivity index (χ2n) is 5.23. The summed E-state index contributed by atoms with van der Waals surface area (Å²) in [4.78, 5) is 8.42. The Morgan fingerprint density at radius 2 is 2.22 bits per heavy atom. The highest BCUT2D eigenvalue weighted by atomic mass is 16.5. The van der Waals surface area contributed by atoms with E-state index in [9.17, 15) is 0 Å². The van der Waals surface area contributed by atoms with Crippen molar-refractivity contribution in [2.75, 3.05) is 0 Å². The molecule has 7 heteroatoms. The maximum atomic E-state index is 6.26. The van der Waals surface area contributed by atoms with E-state index >= 15 is 0 Å². The lowest BCUT2D eigenvalue weighted by molar-refractivity contribution is 0.279. The molecular weight excluding hydrogens is 232 g/mol. The molecule has 0 amide bonds. The van der Waals surface area contributed by atoms with Gasteiger partial charge in [0.2, 0.25) is 11.7 Å². The summed E-state index contributed by atoms with van der Waals surface area (Å²) in [5.74, 6) is 3.09. The van der Waals surface area contributed by atoms with Crippen LogP contribution in [0.2, 0.25) is 0 Å². The first-order valence-corrected chi connectivity index (χ1v) is 6.28. The molecule has 2 aliphatic rings. The van der Waals surface area contributed by atoms with E-state index in [1.54, 1.807) is 0 Å². The average molecular weight is 246 g/mol. The number of nitrogens with two attached hydrogens (primary N) is 1. The van der Waals surface area contributed by atoms with Crippen LogP contribution in [0.15, 0.2) is 10.9 Å². The van der Waals surface area contributed by atoms with E-state index in [4.69, 9.17) is 10.3 Å². The number of aromatic amines is 1. The fourth-order valence-electron chi connectivity index (χ4n) is 3.48. The first-order chi connectivity index (χ1) is 8.83. The zero-order chi connectivity index (χ0) is 12.1. The molecule has 0 spiro atoms. The lowest BCUT2D eigenvalue weighted by Crippen LogP contribution is -2.34. The number of H-pyrrole nitrogens is 1. The van der Waals surface area contributed by atoms with Gasteiger partial charge in [0.25, 0.3) is 0 Å². The van der Waals surface area contributed by atoms with Gasteiger partial charge in [0.15, 0.2) is 5.82 Å². The number of nitrogens with zero attached hydrogens (tertiary/aromatic N) is 4. The topological polar surface area (TPSA) is 107 Å². The largest absolute Gasteiger partial charge is 0.338 e. The van der Waals surface area contributed by atoms with E-state index in [1.807, 2.05) is 0 Å². The third-order valence-electron chi connectivity index (χ3n) is 4.33. The van der Waals surface area contributed by atoms with Gasteiger partial charge in [-0.2, -0.15) is 10.1 Å². The molecule has 2 bridgehead atoms. The maximum absolute atomic E-state index is 6.26. The van der Waals surface area contributed by atoms with Gasteiger partial charge in [0, 0.05) is 6.04 Å².